The number of ether oxygens (including phenoxy) is 1. The van der Waals surface area contributed by atoms with Gasteiger partial charge in [-0.05, 0) is 31.2 Å². The second kappa shape index (κ2) is 6.47. The lowest BCUT2D eigenvalue weighted by molar-refractivity contribution is 0.0378. The molecule has 5 N–H and O–H groups in total. The molecule has 1 fully saturated rings. The van der Waals surface area contributed by atoms with Gasteiger partial charge in [-0.25, -0.2) is 0 Å². The minimum atomic E-state index is 0.633. The molecule has 1 aliphatic heterocycles. The summed E-state index contributed by atoms with van der Waals surface area (Å²) in [6, 6.07) is 5.67. The van der Waals surface area contributed by atoms with E-state index in [1.807, 2.05) is 18.2 Å². The van der Waals surface area contributed by atoms with Crippen molar-refractivity contribution in [2.45, 2.75) is 6.42 Å². The molecule has 5 heteroatoms. The van der Waals surface area contributed by atoms with Crippen molar-refractivity contribution in [3.63, 3.8) is 0 Å². The van der Waals surface area contributed by atoms with E-state index in [-0.39, 0.29) is 0 Å². The summed E-state index contributed by atoms with van der Waals surface area (Å²) in [7, 11) is 0. The Balaban J connectivity index is 1.66. The molecule has 0 aromatic heterocycles. The van der Waals surface area contributed by atoms with Crippen LogP contribution in [-0.2, 0) is 4.74 Å². The summed E-state index contributed by atoms with van der Waals surface area (Å²) in [6.07, 6.45) is 1.12. The first-order chi connectivity index (χ1) is 8.75. The zero-order chi connectivity index (χ0) is 12.8. The van der Waals surface area contributed by atoms with E-state index in [0.717, 1.165) is 51.5 Å². The molecule has 0 aliphatic carbocycles. The topological polar surface area (TPSA) is 76.5 Å². The molecular weight excluding hydrogens is 228 g/mol. The van der Waals surface area contributed by atoms with E-state index in [1.165, 1.54) is 0 Å². The van der Waals surface area contributed by atoms with Crippen LogP contribution in [0.25, 0.3) is 0 Å². The highest BCUT2D eigenvalue weighted by atomic mass is 16.5. The molecule has 1 aromatic rings. The highest BCUT2D eigenvalue weighted by Crippen LogP contribution is 2.19. The molecule has 5 nitrogen and oxygen atoms in total. The van der Waals surface area contributed by atoms with Crippen LogP contribution in [0.2, 0.25) is 0 Å². The van der Waals surface area contributed by atoms with Crippen molar-refractivity contribution in [1.29, 1.82) is 0 Å². The SMILES string of the molecule is Nc1ccc(NCCCN2CCOCC2)cc1N. The van der Waals surface area contributed by atoms with Crippen LogP contribution in [-0.4, -0.2) is 44.3 Å². The predicted molar refractivity (Wildman–Crippen MR) is 75.6 cm³/mol. The van der Waals surface area contributed by atoms with E-state index < -0.39 is 0 Å². The third kappa shape index (κ3) is 3.78. The molecule has 1 saturated heterocycles. The van der Waals surface area contributed by atoms with Crippen LogP contribution in [0.3, 0.4) is 0 Å². The zero-order valence-corrected chi connectivity index (χ0v) is 10.7. The monoisotopic (exact) mass is 250 g/mol. The summed E-state index contributed by atoms with van der Waals surface area (Å²) in [4.78, 5) is 2.43. The van der Waals surface area contributed by atoms with Crippen molar-refractivity contribution in [3.05, 3.63) is 18.2 Å². The lowest BCUT2D eigenvalue weighted by Crippen LogP contribution is -2.37. The maximum atomic E-state index is 5.75. The van der Waals surface area contributed by atoms with Gasteiger partial charge in [0.1, 0.15) is 0 Å². The van der Waals surface area contributed by atoms with Crippen LogP contribution >= 0.6 is 0 Å². The molecule has 18 heavy (non-hydrogen) atoms. The van der Waals surface area contributed by atoms with Gasteiger partial charge in [0, 0.05) is 25.3 Å². The summed E-state index contributed by atoms with van der Waals surface area (Å²) in [5.74, 6) is 0. The molecule has 0 radical (unpaired) electrons. The molecule has 2 rings (SSSR count). The molecule has 0 atom stereocenters. The lowest BCUT2D eigenvalue weighted by atomic mass is 10.2. The predicted octanol–water partition coefficient (Wildman–Crippen LogP) is 0.985. The van der Waals surface area contributed by atoms with E-state index in [4.69, 9.17) is 16.2 Å². The lowest BCUT2D eigenvalue weighted by Gasteiger charge is -2.26. The van der Waals surface area contributed by atoms with E-state index in [0.29, 0.717) is 11.4 Å². The van der Waals surface area contributed by atoms with Gasteiger partial charge in [0.05, 0.1) is 24.6 Å². The minimum Gasteiger partial charge on any atom is -0.397 e. The van der Waals surface area contributed by atoms with Crippen molar-refractivity contribution in [2.75, 3.05) is 56.2 Å². The van der Waals surface area contributed by atoms with Gasteiger partial charge in [-0.15, -0.1) is 0 Å². The Morgan fingerprint density at radius 1 is 1.17 bits per heavy atom. The van der Waals surface area contributed by atoms with Crippen molar-refractivity contribution in [3.8, 4) is 0 Å². The Morgan fingerprint density at radius 3 is 2.67 bits per heavy atom. The Hall–Kier alpha value is -1.46. The fraction of sp³-hybridized carbons (Fsp3) is 0.538. The van der Waals surface area contributed by atoms with Gasteiger partial charge >= 0.3 is 0 Å². The third-order valence-electron chi connectivity index (χ3n) is 3.17. The molecule has 0 saturated carbocycles. The number of benzene rings is 1. The quantitative estimate of drug-likeness (QED) is 0.536. The number of nitrogen functional groups attached to an aromatic ring is 2. The number of anilines is 3. The second-order valence-corrected chi connectivity index (χ2v) is 4.58. The molecule has 1 aliphatic rings. The number of hydrogen-bond acceptors (Lipinski definition) is 5. The van der Waals surface area contributed by atoms with E-state index in [9.17, 15) is 0 Å². The average molecular weight is 250 g/mol. The fourth-order valence-corrected chi connectivity index (χ4v) is 2.04. The van der Waals surface area contributed by atoms with Gasteiger partial charge in [-0.3, -0.25) is 4.90 Å². The van der Waals surface area contributed by atoms with E-state index >= 15 is 0 Å². The number of nitrogens with two attached hydrogens (primary N) is 2. The standard InChI is InChI=1S/C13H22N4O/c14-12-3-2-11(10-13(12)15)16-4-1-5-17-6-8-18-9-7-17/h2-3,10,16H,1,4-9,14-15H2. The van der Waals surface area contributed by atoms with Crippen LogP contribution in [0.5, 0.6) is 0 Å². The number of rotatable bonds is 5. The largest absolute Gasteiger partial charge is 0.397 e. The highest BCUT2D eigenvalue weighted by Gasteiger charge is 2.08. The average Bonchev–Trinajstić information content (AvgIpc) is 2.40. The van der Waals surface area contributed by atoms with Gasteiger partial charge in [-0.1, -0.05) is 0 Å². The number of morpholine rings is 1. The summed E-state index contributed by atoms with van der Waals surface area (Å²) < 4.78 is 5.32. The normalized spacial score (nSPS) is 16.7. The molecule has 1 aromatic carbocycles. The van der Waals surface area contributed by atoms with Crippen LogP contribution in [0, 0.1) is 0 Å². The molecule has 0 bridgehead atoms. The number of nitrogens with zero attached hydrogens (tertiary/aromatic N) is 1. The molecule has 1 heterocycles. The van der Waals surface area contributed by atoms with Gasteiger partial charge in [-0.2, -0.15) is 0 Å². The summed E-state index contributed by atoms with van der Waals surface area (Å²) >= 11 is 0. The maximum Gasteiger partial charge on any atom is 0.0594 e. The highest BCUT2D eigenvalue weighted by molar-refractivity contribution is 5.69. The van der Waals surface area contributed by atoms with Crippen molar-refractivity contribution in [2.24, 2.45) is 0 Å². The Labute approximate surface area is 108 Å². The summed E-state index contributed by atoms with van der Waals surface area (Å²) in [5, 5.41) is 3.36. The zero-order valence-electron chi connectivity index (χ0n) is 10.7. The van der Waals surface area contributed by atoms with Crippen LogP contribution in [0.15, 0.2) is 18.2 Å². The molecule has 0 unspecified atom stereocenters. The van der Waals surface area contributed by atoms with Gasteiger partial charge in [0.2, 0.25) is 0 Å². The van der Waals surface area contributed by atoms with Gasteiger partial charge < -0.3 is 21.5 Å². The molecule has 100 valence electrons. The second-order valence-electron chi connectivity index (χ2n) is 4.58. The van der Waals surface area contributed by atoms with Crippen molar-refractivity contribution < 1.29 is 4.74 Å². The van der Waals surface area contributed by atoms with Crippen LogP contribution < -0.4 is 16.8 Å². The molecule has 0 amide bonds. The molecular formula is C13H22N4O. The van der Waals surface area contributed by atoms with Gasteiger partial charge in [0.25, 0.3) is 0 Å². The van der Waals surface area contributed by atoms with Crippen molar-refractivity contribution in [1.82, 2.24) is 4.90 Å². The van der Waals surface area contributed by atoms with Gasteiger partial charge in [0.15, 0.2) is 0 Å². The fourth-order valence-electron chi connectivity index (χ4n) is 2.04. The first-order valence-electron chi connectivity index (χ1n) is 6.44. The third-order valence-corrected chi connectivity index (χ3v) is 3.17. The Kier molecular flexibility index (Phi) is 4.66. The minimum absolute atomic E-state index is 0.633. The van der Waals surface area contributed by atoms with Crippen molar-refractivity contribution >= 4 is 17.1 Å². The number of nitrogens with one attached hydrogen (secondary N) is 1. The molecule has 0 spiro atoms. The van der Waals surface area contributed by atoms with Crippen LogP contribution in [0.4, 0.5) is 17.1 Å². The maximum absolute atomic E-state index is 5.75. The Bertz CT molecular complexity index is 377. The van der Waals surface area contributed by atoms with E-state index in [1.54, 1.807) is 0 Å². The first-order valence-corrected chi connectivity index (χ1v) is 6.44. The van der Waals surface area contributed by atoms with Crippen LogP contribution in [0.1, 0.15) is 6.42 Å². The first kappa shape index (κ1) is 13.0. The summed E-state index contributed by atoms with van der Waals surface area (Å²) in [6.45, 7) is 5.88. The number of hydrogen-bond donors (Lipinski definition) is 3. The summed E-state index contributed by atoms with van der Waals surface area (Å²) in [5.41, 5.74) is 13.7. The van der Waals surface area contributed by atoms with E-state index in [2.05, 4.69) is 10.2 Å². The smallest absolute Gasteiger partial charge is 0.0594 e. The Morgan fingerprint density at radius 2 is 1.94 bits per heavy atom.